The van der Waals surface area contributed by atoms with Crippen LogP contribution in [0.2, 0.25) is 5.02 Å². The molecule has 8 heteroatoms. The van der Waals surface area contributed by atoms with E-state index in [1.54, 1.807) is 25.4 Å². The summed E-state index contributed by atoms with van der Waals surface area (Å²) in [6, 6.07) is 4.64. The minimum atomic E-state index is -3.67. The summed E-state index contributed by atoms with van der Waals surface area (Å²) in [6.07, 6.45) is 5.51. The summed E-state index contributed by atoms with van der Waals surface area (Å²) in [7, 11) is -0.583. The molecule has 6 nitrogen and oxygen atoms in total. The summed E-state index contributed by atoms with van der Waals surface area (Å²) >= 11 is 6.10. The highest BCUT2D eigenvalue weighted by atomic mass is 35.5. The van der Waals surface area contributed by atoms with Gasteiger partial charge >= 0.3 is 0 Å². The minimum Gasteiger partial charge on any atom is -0.497 e. The van der Waals surface area contributed by atoms with Crippen molar-refractivity contribution in [3.63, 3.8) is 0 Å². The van der Waals surface area contributed by atoms with Crippen molar-refractivity contribution in [2.24, 2.45) is 5.92 Å². The molecule has 0 fully saturated rings. The van der Waals surface area contributed by atoms with Crippen molar-refractivity contribution in [2.75, 3.05) is 20.7 Å². The van der Waals surface area contributed by atoms with E-state index in [9.17, 15) is 8.42 Å². The number of methoxy groups -OCH3 is 1. The Balaban J connectivity index is 1.78. The lowest BCUT2D eigenvalue weighted by Gasteiger charge is -2.28. The van der Waals surface area contributed by atoms with Crippen LogP contribution in [0.5, 0.6) is 5.75 Å². The summed E-state index contributed by atoms with van der Waals surface area (Å²) in [6.45, 7) is 1.22. The van der Waals surface area contributed by atoms with E-state index >= 15 is 0 Å². The molecule has 2 heterocycles. The van der Waals surface area contributed by atoms with Crippen molar-refractivity contribution in [3.8, 4) is 5.75 Å². The van der Waals surface area contributed by atoms with E-state index in [0.717, 1.165) is 25.2 Å². The predicted molar refractivity (Wildman–Crippen MR) is 91.9 cm³/mol. The van der Waals surface area contributed by atoms with Crippen molar-refractivity contribution >= 4 is 21.6 Å². The molecular formula is C16H20ClN3O3S. The molecule has 1 aromatic heterocycles. The molecule has 0 N–H and O–H groups in total. The van der Waals surface area contributed by atoms with Crippen molar-refractivity contribution in [3.05, 3.63) is 41.4 Å². The third-order valence-electron chi connectivity index (χ3n) is 4.37. The summed E-state index contributed by atoms with van der Waals surface area (Å²) in [5, 5.41) is 0.197. The molecule has 1 aliphatic heterocycles. The number of sulfonamides is 1. The first-order chi connectivity index (χ1) is 11.4. The third-order valence-corrected chi connectivity index (χ3v) is 6.68. The topological polar surface area (TPSA) is 64.4 Å². The maximum atomic E-state index is 12.9. The molecule has 1 aliphatic rings. The van der Waals surface area contributed by atoms with Crippen LogP contribution in [0.1, 0.15) is 12.2 Å². The maximum absolute atomic E-state index is 12.9. The van der Waals surface area contributed by atoms with Crippen molar-refractivity contribution in [1.29, 1.82) is 0 Å². The van der Waals surface area contributed by atoms with Gasteiger partial charge in [0.1, 0.15) is 16.5 Å². The first-order valence-corrected chi connectivity index (χ1v) is 9.53. The lowest BCUT2D eigenvalue weighted by Crippen LogP contribution is -2.35. The molecule has 130 valence electrons. The number of imidazole rings is 1. The molecular weight excluding hydrogens is 350 g/mol. The summed E-state index contributed by atoms with van der Waals surface area (Å²) in [4.78, 5) is 4.37. The number of nitrogens with zero attached hydrogens (tertiary/aromatic N) is 3. The second-order valence-electron chi connectivity index (χ2n) is 5.98. The van der Waals surface area contributed by atoms with Crippen LogP contribution in [-0.2, 0) is 23.0 Å². The van der Waals surface area contributed by atoms with Crippen molar-refractivity contribution in [1.82, 2.24) is 13.9 Å². The molecule has 0 spiro atoms. The second-order valence-corrected chi connectivity index (χ2v) is 8.40. The molecule has 0 bridgehead atoms. The molecule has 0 aliphatic carbocycles. The highest BCUT2D eigenvalue weighted by Crippen LogP contribution is 2.29. The Kier molecular flexibility index (Phi) is 4.85. The van der Waals surface area contributed by atoms with E-state index in [-0.39, 0.29) is 15.8 Å². The lowest BCUT2D eigenvalue weighted by atomic mass is 10.00. The van der Waals surface area contributed by atoms with Gasteiger partial charge in [-0.25, -0.2) is 17.7 Å². The quantitative estimate of drug-likeness (QED) is 0.812. The van der Waals surface area contributed by atoms with E-state index in [0.29, 0.717) is 12.3 Å². The molecule has 3 rings (SSSR count). The van der Waals surface area contributed by atoms with Crippen molar-refractivity contribution < 1.29 is 13.2 Å². The zero-order valence-corrected chi connectivity index (χ0v) is 15.2. The Hall–Kier alpha value is -1.57. The van der Waals surface area contributed by atoms with Crippen LogP contribution >= 0.6 is 11.6 Å². The molecule has 1 atom stereocenters. The highest BCUT2D eigenvalue weighted by molar-refractivity contribution is 7.89. The zero-order chi connectivity index (χ0) is 17.3. The van der Waals surface area contributed by atoms with Crippen LogP contribution in [0.3, 0.4) is 0 Å². The monoisotopic (exact) mass is 369 g/mol. The number of ether oxygens (including phenoxy) is 1. The molecule has 0 unspecified atom stereocenters. The number of aryl methyl sites for hydroxylation is 1. The fraction of sp³-hybridized carbons (Fsp3) is 0.438. The number of benzene rings is 1. The largest absolute Gasteiger partial charge is 0.497 e. The predicted octanol–water partition coefficient (Wildman–Crippen LogP) is 2.43. The highest BCUT2D eigenvalue weighted by Gasteiger charge is 2.28. The van der Waals surface area contributed by atoms with Crippen molar-refractivity contribution in [2.45, 2.75) is 24.3 Å². The molecule has 24 heavy (non-hydrogen) atoms. The van der Waals surface area contributed by atoms with Gasteiger partial charge in [0.05, 0.1) is 12.1 Å². The van der Waals surface area contributed by atoms with E-state index in [1.807, 2.05) is 6.20 Å². The average molecular weight is 370 g/mol. The molecule has 0 radical (unpaired) electrons. The van der Waals surface area contributed by atoms with Gasteiger partial charge in [0, 0.05) is 45.0 Å². The summed E-state index contributed by atoms with van der Waals surface area (Å²) in [5.41, 5.74) is 0. The van der Waals surface area contributed by atoms with Gasteiger partial charge in [-0.2, -0.15) is 0 Å². The molecule has 0 saturated heterocycles. The Labute approximate surface area is 147 Å². The Bertz CT molecular complexity index is 835. The number of halogens is 1. The van der Waals surface area contributed by atoms with E-state index in [1.165, 1.54) is 17.5 Å². The van der Waals surface area contributed by atoms with E-state index in [2.05, 4.69) is 9.55 Å². The SMILES string of the molecule is COc1ccc(Cl)c(S(=O)(=O)N(C)C[C@H]2CCc3nccn3C2)c1. The van der Waals surface area contributed by atoms with Gasteiger partial charge in [0.25, 0.3) is 0 Å². The number of rotatable bonds is 5. The van der Waals surface area contributed by atoms with E-state index in [4.69, 9.17) is 16.3 Å². The Morgan fingerprint density at radius 3 is 3.00 bits per heavy atom. The minimum absolute atomic E-state index is 0.0742. The summed E-state index contributed by atoms with van der Waals surface area (Å²) < 4.78 is 34.3. The smallest absolute Gasteiger partial charge is 0.244 e. The number of hydrogen-bond acceptors (Lipinski definition) is 4. The number of hydrogen-bond donors (Lipinski definition) is 0. The van der Waals surface area contributed by atoms with Crippen LogP contribution < -0.4 is 4.74 Å². The fourth-order valence-electron chi connectivity index (χ4n) is 3.02. The van der Waals surface area contributed by atoms with Crippen LogP contribution in [0.25, 0.3) is 0 Å². The molecule has 0 amide bonds. The molecule has 2 aromatic rings. The van der Waals surface area contributed by atoms with Gasteiger partial charge in [-0.1, -0.05) is 11.6 Å². The maximum Gasteiger partial charge on any atom is 0.244 e. The Morgan fingerprint density at radius 1 is 1.46 bits per heavy atom. The van der Waals surface area contributed by atoms with Gasteiger partial charge in [0.2, 0.25) is 10.0 Å². The zero-order valence-electron chi connectivity index (χ0n) is 13.6. The summed E-state index contributed by atoms with van der Waals surface area (Å²) in [5.74, 6) is 1.77. The average Bonchev–Trinajstić information content (AvgIpc) is 3.02. The molecule has 0 saturated carbocycles. The van der Waals surface area contributed by atoms with Gasteiger partial charge in [-0.05, 0) is 24.5 Å². The van der Waals surface area contributed by atoms with Crippen LogP contribution in [0.4, 0.5) is 0 Å². The van der Waals surface area contributed by atoms with Gasteiger partial charge in [-0.15, -0.1) is 0 Å². The van der Waals surface area contributed by atoms with Gasteiger partial charge < -0.3 is 9.30 Å². The van der Waals surface area contributed by atoms with Crippen LogP contribution in [-0.4, -0.2) is 43.0 Å². The van der Waals surface area contributed by atoms with Crippen LogP contribution in [0.15, 0.2) is 35.5 Å². The first-order valence-electron chi connectivity index (χ1n) is 7.71. The second kappa shape index (κ2) is 6.74. The number of aromatic nitrogens is 2. The van der Waals surface area contributed by atoms with Gasteiger partial charge in [-0.3, -0.25) is 0 Å². The first kappa shape index (κ1) is 17.3. The van der Waals surface area contributed by atoms with Gasteiger partial charge in [0.15, 0.2) is 0 Å². The normalized spacial score (nSPS) is 17.8. The third kappa shape index (κ3) is 3.29. The standard InChI is InChI=1S/C16H20ClN3O3S/c1-19(10-12-3-6-16-18-7-8-20(16)11-12)24(21,22)15-9-13(23-2)4-5-14(15)17/h4-5,7-9,12H,3,6,10-11H2,1-2H3/t12-/m1/s1. The van der Waals surface area contributed by atoms with E-state index < -0.39 is 10.0 Å². The number of fused-ring (bicyclic) bond motifs is 1. The lowest BCUT2D eigenvalue weighted by molar-refractivity contribution is 0.303. The van der Waals surface area contributed by atoms with Crippen LogP contribution in [0, 0.1) is 5.92 Å². The Morgan fingerprint density at radius 2 is 2.25 bits per heavy atom. The fourth-order valence-corrected chi connectivity index (χ4v) is 4.76. The molecule has 1 aromatic carbocycles.